The van der Waals surface area contributed by atoms with E-state index in [4.69, 9.17) is 5.73 Å². The van der Waals surface area contributed by atoms with Gasteiger partial charge < -0.3 is 5.73 Å². The monoisotopic (exact) mass is 180 g/mol. The first kappa shape index (κ1) is 11.6. The molecule has 1 aromatic rings. The smallest absolute Gasteiger partial charge is 0.250 e. The van der Waals surface area contributed by atoms with Gasteiger partial charge in [-0.05, 0) is 25.5 Å². The molecule has 0 radical (unpaired) electrons. The van der Waals surface area contributed by atoms with Crippen molar-refractivity contribution in [3.05, 3.63) is 29.1 Å². The lowest BCUT2D eigenvalue weighted by Gasteiger charge is -2.02. The van der Waals surface area contributed by atoms with Gasteiger partial charge in [0.25, 0.3) is 5.91 Å². The molecule has 0 aliphatic carbocycles. The average Bonchev–Trinajstić information content (AvgIpc) is 2.07. The van der Waals surface area contributed by atoms with Crippen molar-refractivity contribution in [3.8, 4) is 0 Å². The van der Waals surface area contributed by atoms with Gasteiger partial charge in [0.15, 0.2) is 0 Å². The third kappa shape index (κ3) is 2.86. The van der Waals surface area contributed by atoms with Crippen molar-refractivity contribution in [3.63, 3.8) is 0 Å². The van der Waals surface area contributed by atoms with Crippen molar-refractivity contribution >= 4 is 5.91 Å². The Labute approximate surface area is 79.0 Å². The van der Waals surface area contributed by atoms with Crippen LogP contribution in [0.25, 0.3) is 0 Å². The maximum Gasteiger partial charge on any atom is 0.250 e. The normalized spacial score (nSPS) is 8.62. The van der Waals surface area contributed by atoms with Crippen molar-refractivity contribution in [2.45, 2.75) is 27.7 Å². The Morgan fingerprint density at radius 2 is 1.92 bits per heavy atom. The lowest BCUT2D eigenvalue weighted by atomic mass is 10.1. The molecule has 0 aliphatic heterocycles. The maximum atomic E-state index is 10.8. The molecule has 0 aromatic carbocycles. The number of nitrogens with two attached hydrogens (primary N) is 1. The zero-order valence-corrected chi connectivity index (χ0v) is 8.59. The molecule has 3 nitrogen and oxygen atoms in total. The van der Waals surface area contributed by atoms with E-state index in [2.05, 4.69) is 4.98 Å². The molecule has 0 atom stereocenters. The second-order valence-electron chi connectivity index (χ2n) is 2.45. The second-order valence-corrected chi connectivity index (χ2v) is 2.45. The summed E-state index contributed by atoms with van der Waals surface area (Å²) in [6.45, 7) is 7.61. The maximum absolute atomic E-state index is 10.8. The van der Waals surface area contributed by atoms with Crippen LogP contribution >= 0.6 is 0 Å². The predicted octanol–water partition coefficient (Wildman–Crippen LogP) is 1.82. The minimum absolute atomic E-state index is 0.409. The summed E-state index contributed by atoms with van der Waals surface area (Å²) in [6.07, 6.45) is 1.66. The van der Waals surface area contributed by atoms with Gasteiger partial charge in [-0.3, -0.25) is 9.78 Å². The number of rotatable bonds is 1. The van der Waals surface area contributed by atoms with Gasteiger partial charge in [0.2, 0.25) is 0 Å². The summed E-state index contributed by atoms with van der Waals surface area (Å²) in [6, 6.07) is 1.77. The summed E-state index contributed by atoms with van der Waals surface area (Å²) in [7, 11) is 0. The van der Waals surface area contributed by atoms with Gasteiger partial charge in [0.05, 0.1) is 11.3 Å². The Hall–Kier alpha value is -1.38. The van der Waals surface area contributed by atoms with Crippen LogP contribution in [0.2, 0.25) is 0 Å². The molecule has 0 saturated carbocycles. The molecule has 0 bridgehead atoms. The van der Waals surface area contributed by atoms with Gasteiger partial charge in [0, 0.05) is 6.20 Å². The van der Waals surface area contributed by atoms with Crippen molar-refractivity contribution in [1.29, 1.82) is 0 Å². The molecular weight excluding hydrogens is 164 g/mol. The second kappa shape index (κ2) is 5.30. The molecule has 13 heavy (non-hydrogen) atoms. The minimum atomic E-state index is -0.409. The summed E-state index contributed by atoms with van der Waals surface area (Å²) in [5.41, 5.74) is 7.24. The molecule has 0 unspecified atom stereocenters. The van der Waals surface area contributed by atoms with Crippen molar-refractivity contribution in [1.82, 2.24) is 4.98 Å². The van der Waals surface area contributed by atoms with Gasteiger partial charge in [-0.15, -0.1) is 0 Å². The fourth-order valence-electron chi connectivity index (χ4n) is 1.07. The number of pyridine rings is 1. The Bertz CT molecular complexity index is 275. The van der Waals surface area contributed by atoms with Crippen LogP contribution in [0.1, 0.15) is 35.5 Å². The molecule has 72 valence electrons. The summed E-state index contributed by atoms with van der Waals surface area (Å²) < 4.78 is 0. The molecule has 0 saturated heterocycles. The van der Waals surface area contributed by atoms with E-state index in [0.717, 1.165) is 5.56 Å². The van der Waals surface area contributed by atoms with Gasteiger partial charge in [-0.25, -0.2) is 0 Å². The van der Waals surface area contributed by atoms with Crippen molar-refractivity contribution < 1.29 is 4.79 Å². The zero-order chi connectivity index (χ0) is 10.4. The summed E-state index contributed by atoms with van der Waals surface area (Å²) in [4.78, 5) is 14.8. The highest BCUT2D eigenvalue weighted by molar-refractivity contribution is 5.95. The van der Waals surface area contributed by atoms with E-state index in [1.165, 1.54) is 0 Å². The SMILES string of the molecule is CC.Cc1ccnc(C)c1C(N)=O. The van der Waals surface area contributed by atoms with Crippen LogP contribution in [0.15, 0.2) is 12.3 Å². The van der Waals surface area contributed by atoms with Gasteiger partial charge >= 0.3 is 0 Å². The van der Waals surface area contributed by atoms with E-state index < -0.39 is 5.91 Å². The van der Waals surface area contributed by atoms with Crippen molar-refractivity contribution in [2.24, 2.45) is 5.73 Å². The molecule has 0 spiro atoms. The van der Waals surface area contributed by atoms with E-state index in [0.29, 0.717) is 11.3 Å². The number of carbonyl (C=O) groups is 1. The molecule has 3 heteroatoms. The van der Waals surface area contributed by atoms with Gasteiger partial charge in [-0.2, -0.15) is 0 Å². The standard InChI is InChI=1S/C8H10N2O.C2H6/c1-5-3-4-10-6(2)7(5)8(9)11;1-2/h3-4H,1-2H3,(H2,9,11);1-2H3. The highest BCUT2D eigenvalue weighted by Crippen LogP contribution is 2.08. The molecular formula is C10H16N2O. The first-order chi connectivity index (χ1) is 6.13. The zero-order valence-electron chi connectivity index (χ0n) is 8.59. The lowest BCUT2D eigenvalue weighted by molar-refractivity contribution is 0.0998. The third-order valence-electron chi connectivity index (χ3n) is 1.60. The fourth-order valence-corrected chi connectivity index (χ4v) is 1.07. The number of nitrogens with zero attached hydrogens (tertiary/aromatic N) is 1. The minimum Gasteiger partial charge on any atom is -0.366 e. The number of amides is 1. The number of hydrogen-bond acceptors (Lipinski definition) is 2. The molecule has 1 aromatic heterocycles. The van der Waals surface area contributed by atoms with Crippen LogP contribution in [0.3, 0.4) is 0 Å². The van der Waals surface area contributed by atoms with Crippen LogP contribution < -0.4 is 5.73 Å². The Kier molecular flexibility index (Phi) is 4.74. The molecule has 1 rings (SSSR count). The van der Waals surface area contributed by atoms with Crippen LogP contribution in [-0.4, -0.2) is 10.9 Å². The van der Waals surface area contributed by atoms with Crippen LogP contribution in [-0.2, 0) is 0 Å². The Balaban J connectivity index is 0.000000671. The summed E-state index contributed by atoms with van der Waals surface area (Å²) in [5, 5.41) is 0. The largest absolute Gasteiger partial charge is 0.366 e. The average molecular weight is 180 g/mol. The number of hydrogen-bond donors (Lipinski definition) is 1. The molecule has 0 aliphatic rings. The van der Waals surface area contributed by atoms with E-state index in [1.807, 2.05) is 20.8 Å². The highest BCUT2D eigenvalue weighted by atomic mass is 16.1. The first-order valence-electron chi connectivity index (χ1n) is 4.35. The van der Waals surface area contributed by atoms with E-state index in [1.54, 1.807) is 19.2 Å². The topological polar surface area (TPSA) is 56.0 Å². The third-order valence-corrected chi connectivity index (χ3v) is 1.60. The van der Waals surface area contributed by atoms with Crippen molar-refractivity contribution in [2.75, 3.05) is 0 Å². The van der Waals surface area contributed by atoms with E-state index in [-0.39, 0.29) is 0 Å². The number of primary amides is 1. The van der Waals surface area contributed by atoms with E-state index in [9.17, 15) is 4.79 Å². The fraction of sp³-hybridized carbons (Fsp3) is 0.400. The Morgan fingerprint density at radius 3 is 2.23 bits per heavy atom. The molecule has 0 fully saturated rings. The number of aromatic nitrogens is 1. The summed E-state index contributed by atoms with van der Waals surface area (Å²) in [5.74, 6) is -0.409. The number of carbonyl (C=O) groups excluding carboxylic acids is 1. The van der Waals surface area contributed by atoms with Gasteiger partial charge in [0.1, 0.15) is 0 Å². The number of aryl methyl sites for hydroxylation is 2. The quantitative estimate of drug-likeness (QED) is 0.716. The molecule has 1 heterocycles. The Morgan fingerprint density at radius 1 is 1.38 bits per heavy atom. The lowest BCUT2D eigenvalue weighted by Crippen LogP contribution is -2.15. The van der Waals surface area contributed by atoms with Crippen LogP contribution in [0, 0.1) is 13.8 Å². The van der Waals surface area contributed by atoms with E-state index >= 15 is 0 Å². The summed E-state index contributed by atoms with van der Waals surface area (Å²) >= 11 is 0. The van der Waals surface area contributed by atoms with Crippen LogP contribution in [0.5, 0.6) is 0 Å². The molecule has 1 amide bonds. The van der Waals surface area contributed by atoms with Crippen LogP contribution in [0.4, 0.5) is 0 Å². The van der Waals surface area contributed by atoms with Gasteiger partial charge in [-0.1, -0.05) is 13.8 Å². The molecule has 2 N–H and O–H groups in total. The highest BCUT2D eigenvalue weighted by Gasteiger charge is 2.07. The predicted molar refractivity (Wildman–Crippen MR) is 53.6 cm³/mol. The first-order valence-corrected chi connectivity index (χ1v) is 4.35.